The number of aromatic nitrogens is 1. The lowest BCUT2D eigenvalue weighted by molar-refractivity contribution is 0.108. The van der Waals surface area contributed by atoms with Crippen molar-refractivity contribution in [3.05, 3.63) is 29.3 Å². The van der Waals surface area contributed by atoms with Crippen LogP contribution in [0.3, 0.4) is 0 Å². The van der Waals surface area contributed by atoms with Gasteiger partial charge in [-0.3, -0.25) is 0 Å². The van der Waals surface area contributed by atoms with Crippen molar-refractivity contribution in [2.45, 2.75) is 25.9 Å². The van der Waals surface area contributed by atoms with Crippen LogP contribution in [0.15, 0.2) is 12.1 Å². The highest BCUT2D eigenvalue weighted by Crippen LogP contribution is 2.27. The molecule has 0 saturated carbocycles. The molecule has 1 unspecified atom stereocenters. The smallest absolute Gasteiger partial charge is 0.213 e. The standard InChI is InChI=1S/C10H12FNO/c1-7-5-8(12-10(11)6-7)9-3-2-4-13-9/h5-6,9H,2-4H2,1H3. The van der Waals surface area contributed by atoms with Gasteiger partial charge in [-0.1, -0.05) is 0 Å². The van der Waals surface area contributed by atoms with E-state index in [0.717, 1.165) is 30.7 Å². The van der Waals surface area contributed by atoms with E-state index < -0.39 is 5.95 Å². The van der Waals surface area contributed by atoms with Gasteiger partial charge < -0.3 is 4.74 Å². The van der Waals surface area contributed by atoms with Gasteiger partial charge in [-0.15, -0.1) is 0 Å². The van der Waals surface area contributed by atoms with Crippen LogP contribution >= 0.6 is 0 Å². The summed E-state index contributed by atoms with van der Waals surface area (Å²) in [6, 6.07) is 3.32. The van der Waals surface area contributed by atoms with E-state index in [1.54, 1.807) is 0 Å². The van der Waals surface area contributed by atoms with Gasteiger partial charge in [-0.05, 0) is 37.5 Å². The molecular formula is C10H12FNO. The fraction of sp³-hybridized carbons (Fsp3) is 0.500. The quantitative estimate of drug-likeness (QED) is 0.620. The highest BCUT2D eigenvalue weighted by Gasteiger charge is 2.19. The Hall–Kier alpha value is -0.960. The summed E-state index contributed by atoms with van der Waals surface area (Å²) in [7, 11) is 0. The Balaban J connectivity index is 2.28. The van der Waals surface area contributed by atoms with E-state index >= 15 is 0 Å². The highest BCUT2D eigenvalue weighted by molar-refractivity contribution is 5.17. The zero-order chi connectivity index (χ0) is 9.26. The number of hydrogen-bond donors (Lipinski definition) is 0. The average Bonchev–Trinajstić information content (AvgIpc) is 2.53. The summed E-state index contributed by atoms with van der Waals surface area (Å²) in [6.07, 6.45) is 2.01. The molecule has 13 heavy (non-hydrogen) atoms. The van der Waals surface area contributed by atoms with Crippen molar-refractivity contribution >= 4 is 0 Å². The van der Waals surface area contributed by atoms with Crippen LogP contribution in [-0.4, -0.2) is 11.6 Å². The maximum atomic E-state index is 12.9. The molecule has 1 aromatic rings. The molecule has 0 bridgehead atoms. The number of halogens is 1. The second kappa shape index (κ2) is 3.42. The monoisotopic (exact) mass is 181 g/mol. The molecule has 3 heteroatoms. The summed E-state index contributed by atoms with van der Waals surface area (Å²) in [5.41, 5.74) is 1.63. The third-order valence-electron chi connectivity index (χ3n) is 2.22. The number of rotatable bonds is 1. The Bertz CT molecular complexity index is 288. The molecule has 2 heterocycles. The Labute approximate surface area is 76.7 Å². The minimum Gasteiger partial charge on any atom is -0.372 e. The number of pyridine rings is 1. The van der Waals surface area contributed by atoms with E-state index in [1.807, 2.05) is 13.0 Å². The molecule has 1 aliphatic heterocycles. The van der Waals surface area contributed by atoms with Crippen LogP contribution in [0, 0.1) is 12.9 Å². The molecule has 1 aliphatic rings. The fourth-order valence-electron chi connectivity index (χ4n) is 1.63. The van der Waals surface area contributed by atoms with Crippen LogP contribution < -0.4 is 0 Å². The van der Waals surface area contributed by atoms with E-state index in [-0.39, 0.29) is 6.10 Å². The Morgan fingerprint density at radius 1 is 1.54 bits per heavy atom. The number of aryl methyl sites for hydroxylation is 1. The second-order valence-electron chi connectivity index (χ2n) is 3.39. The molecule has 0 spiro atoms. The lowest BCUT2D eigenvalue weighted by atomic mass is 10.1. The van der Waals surface area contributed by atoms with Crippen molar-refractivity contribution < 1.29 is 9.13 Å². The average molecular weight is 181 g/mol. The molecule has 1 fully saturated rings. The highest BCUT2D eigenvalue weighted by atomic mass is 19.1. The van der Waals surface area contributed by atoms with Crippen molar-refractivity contribution in [1.82, 2.24) is 4.98 Å². The van der Waals surface area contributed by atoms with E-state index in [1.165, 1.54) is 6.07 Å². The van der Waals surface area contributed by atoms with Gasteiger partial charge in [0.1, 0.15) is 0 Å². The Morgan fingerprint density at radius 2 is 2.38 bits per heavy atom. The van der Waals surface area contributed by atoms with Crippen LogP contribution in [0.4, 0.5) is 4.39 Å². The van der Waals surface area contributed by atoms with Gasteiger partial charge in [0.15, 0.2) is 0 Å². The SMILES string of the molecule is Cc1cc(F)nc(C2CCCO2)c1. The van der Waals surface area contributed by atoms with E-state index in [4.69, 9.17) is 4.74 Å². The van der Waals surface area contributed by atoms with E-state index in [9.17, 15) is 4.39 Å². The molecule has 2 rings (SSSR count). The first kappa shape index (κ1) is 8.63. The van der Waals surface area contributed by atoms with Crippen LogP contribution in [0.5, 0.6) is 0 Å². The summed E-state index contributed by atoms with van der Waals surface area (Å²) in [5.74, 6) is -0.412. The van der Waals surface area contributed by atoms with Gasteiger partial charge in [0.2, 0.25) is 5.95 Å². The Morgan fingerprint density at radius 3 is 3.00 bits per heavy atom. The third kappa shape index (κ3) is 1.86. The summed E-state index contributed by atoms with van der Waals surface area (Å²) in [6.45, 7) is 2.63. The molecule has 1 aromatic heterocycles. The molecule has 1 atom stereocenters. The first-order valence-corrected chi connectivity index (χ1v) is 4.51. The number of ether oxygens (including phenoxy) is 1. The molecule has 0 radical (unpaired) electrons. The second-order valence-corrected chi connectivity index (χ2v) is 3.39. The van der Waals surface area contributed by atoms with Crippen LogP contribution in [0.2, 0.25) is 0 Å². The molecular weight excluding hydrogens is 169 g/mol. The normalized spacial score (nSPS) is 22.2. The molecule has 0 N–H and O–H groups in total. The fourth-order valence-corrected chi connectivity index (χ4v) is 1.63. The zero-order valence-electron chi connectivity index (χ0n) is 7.59. The minimum atomic E-state index is -0.412. The Kier molecular flexibility index (Phi) is 2.27. The lowest BCUT2D eigenvalue weighted by Crippen LogP contribution is -2.01. The van der Waals surface area contributed by atoms with E-state index in [0.29, 0.717) is 0 Å². The molecule has 0 aliphatic carbocycles. The summed E-state index contributed by atoms with van der Waals surface area (Å²) in [5, 5.41) is 0. The summed E-state index contributed by atoms with van der Waals surface area (Å²) < 4.78 is 18.3. The molecule has 0 aromatic carbocycles. The van der Waals surface area contributed by atoms with E-state index in [2.05, 4.69) is 4.98 Å². The van der Waals surface area contributed by atoms with Gasteiger partial charge >= 0.3 is 0 Å². The van der Waals surface area contributed by atoms with Crippen molar-refractivity contribution in [3.63, 3.8) is 0 Å². The summed E-state index contributed by atoms with van der Waals surface area (Å²) >= 11 is 0. The minimum absolute atomic E-state index is 0.00870. The maximum absolute atomic E-state index is 12.9. The molecule has 1 saturated heterocycles. The molecule has 2 nitrogen and oxygen atoms in total. The first-order chi connectivity index (χ1) is 6.25. The number of hydrogen-bond acceptors (Lipinski definition) is 2. The van der Waals surface area contributed by atoms with Crippen LogP contribution in [0.25, 0.3) is 0 Å². The van der Waals surface area contributed by atoms with Gasteiger partial charge in [-0.25, -0.2) is 4.98 Å². The van der Waals surface area contributed by atoms with Crippen LogP contribution in [0.1, 0.15) is 30.2 Å². The van der Waals surface area contributed by atoms with Crippen molar-refractivity contribution in [1.29, 1.82) is 0 Å². The predicted molar refractivity (Wildman–Crippen MR) is 46.9 cm³/mol. The largest absolute Gasteiger partial charge is 0.372 e. The topological polar surface area (TPSA) is 22.1 Å². The van der Waals surface area contributed by atoms with Gasteiger partial charge in [0.25, 0.3) is 0 Å². The lowest BCUT2D eigenvalue weighted by Gasteiger charge is -2.08. The summed E-state index contributed by atoms with van der Waals surface area (Å²) in [4.78, 5) is 3.82. The number of nitrogens with zero attached hydrogens (tertiary/aromatic N) is 1. The van der Waals surface area contributed by atoms with Gasteiger partial charge in [-0.2, -0.15) is 4.39 Å². The molecule has 0 amide bonds. The van der Waals surface area contributed by atoms with Crippen molar-refractivity contribution in [2.75, 3.05) is 6.61 Å². The van der Waals surface area contributed by atoms with Gasteiger partial charge in [0.05, 0.1) is 11.8 Å². The van der Waals surface area contributed by atoms with Gasteiger partial charge in [0, 0.05) is 6.61 Å². The molecule has 70 valence electrons. The van der Waals surface area contributed by atoms with Crippen molar-refractivity contribution in [2.24, 2.45) is 0 Å². The maximum Gasteiger partial charge on any atom is 0.213 e. The van der Waals surface area contributed by atoms with Crippen molar-refractivity contribution in [3.8, 4) is 0 Å². The van der Waals surface area contributed by atoms with Crippen LogP contribution in [-0.2, 0) is 4.74 Å². The third-order valence-corrected chi connectivity index (χ3v) is 2.22. The predicted octanol–water partition coefficient (Wildman–Crippen LogP) is 2.38. The first-order valence-electron chi connectivity index (χ1n) is 4.51. The zero-order valence-corrected chi connectivity index (χ0v) is 7.59.